The monoisotopic (exact) mass is 368 g/mol. The number of hydrogen-bond donors (Lipinski definition) is 2. The van der Waals surface area contributed by atoms with Crippen LogP contribution in [0.3, 0.4) is 0 Å². The Balaban J connectivity index is 1.97. The maximum Gasteiger partial charge on any atom is 0.416 e. The fraction of sp³-hybridized carbons (Fsp3) is 0.278. The van der Waals surface area contributed by atoms with E-state index in [0.29, 0.717) is 6.61 Å². The number of ether oxygens (including phenoxy) is 1. The number of nitrogens with one attached hydrogen (secondary N) is 2. The van der Waals surface area contributed by atoms with Crippen molar-refractivity contribution in [2.75, 3.05) is 11.9 Å². The molecule has 0 bridgehead atoms. The van der Waals surface area contributed by atoms with Crippen molar-refractivity contribution in [3.63, 3.8) is 0 Å². The van der Waals surface area contributed by atoms with Crippen LogP contribution in [-0.2, 0) is 6.18 Å². The first-order valence-corrected chi connectivity index (χ1v) is 8.18. The molecule has 0 aliphatic heterocycles. The summed E-state index contributed by atoms with van der Waals surface area (Å²) in [6.07, 6.45) is -4.39. The van der Waals surface area contributed by atoms with Gasteiger partial charge in [-0.3, -0.25) is 0 Å². The zero-order valence-electron chi connectivity index (χ0n) is 13.9. The Labute approximate surface area is 150 Å². The number of halogens is 3. The molecule has 7 heteroatoms. The van der Waals surface area contributed by atoms with E-state index in [1.165, 1.54) is 12.1 Å². The van der Waals surface area contributed by atoms with Gasteiger partial charge in [0.2, 0.25) is 0 Å². The summed E-state index contributed by atoms with van der Waals surface area (Å²) in [7, 11) is 0. The van der Waals surface area contributed by atoms with E-state index < -0.39 is 11.7 Å². The van der Waals surface area contributed by atoms with Crippen molar-refractivity contribution in [1.82, 2.24) is 5.32 Å². The van der Waals surface area contributed by atoms with E-state index in [-0.39, 0.29) is 16.8 Å². The molecule has 1 unspecified atom stereocenters. The zero-order valence-corrected chi connectivity index (χ0v) is 14.7. The molecule has 0 aliphatic rings. The summed E-state index contributed by atoms with van der Waals surface area (Å²) < 4.78 is 43.6. The molecule has 0 saturated carbocycles. The van der Waals surface area contributed by atoms with Crippen LogP contribution in [0.4, 0.5) is 18.9 Å². The summed E-state index contributed by atoms with van der Waals surface area (Å²) in [5, 5.41) is 6.09. The molecule has 1 atom stereocenters. The van der Waals surface area contributed by atoms with Gasteiger partial charge in [0.25, 0.3) is 0 Å². The maximum atomic E-state index is 12.7. The van der Waals surface area contributed by atoms with Crippen molar-refractivity contribution >= 4 is 23.0 Å². The Morgan fingerprint density at radius 1 is 1.16 bits per heavy atom. The standard InChI is InChI=1S/C18H19F3N2OS/c1-3-24-16-9-7-13(8-10-16)12(2)22-17(25)23-15-6-4-5-14(11-15)18(19,20)21/h4-12H,3H2,1-2H3,(H2,22,23,25). The van der Waals surface area contributed by atoms with Crippen LogP contribution in [-0.4, -0.2) is 11.7 Å². The van der Waals surface area contributed by atoms with Gasteiger partial charge in [-0.15, -0.1) is 0 Å². The minimum absolute atomic E-state index is 0.110. The Morgan fingerprint density at radius 3 is 2.44 bits per heavy atom. The quantitative estimate of drug-likeness (QED) is 0.715. The average Bonchev–Trinajstić information content (AvgIpc) is 2.55. The molecule has 2 aromatic carbocycles. The van der Waals surface area contributed by atoms with Crippen LogP contribution in [0.25, 0.3) is 0 Å². The molecule has 3 nitrogen and oxygen atoms in total. The molecule has 0 aliphatic carbocycles. The lowest BCUT2D eigenvalue weighted by Crippen LogP contribution is -2.31. The molecular weight excluding hydrogens is 349 g/mol. The average molecular weight is 368 g/mol. The van der Waals surface area contributed by atoms with E-state index in [4.69, 9.17) is 17.0 Å². The molecule has 0 radical (unpaired) electrons. The molecule has 25 heavy (non-hydrogen) atoms. The largest absolute Gasteiger partial charge is 0.494 e. The van der Waals surface area contributed by atoms with Crippen LogP contribution in [0.5, 0.6) is 5.75 Å². The molecular formula is C18H19F3N2OS. The minimum Gasteiger partial charge on any atom is -0.494 e. The zero-order chi connectivity index (χ0) is 18.4. The lowest BCUT2D eigenvalue weighted by molar-refractivity contribution is -0.137. The molecule has 0 amide bonds. The Hall–Kier alpha value is -2.28. The molecule has 0 aromatic heterocycles. The van der Waals surface area contributed by atoms with Crippen molar-refractivity contribution in [2.24, 2.45) is 0 Å². The molecule has 0 spiro atoms. The second kappa shape index (κ2) is 8.20. The van der Waals surface area contributed by atoms with Crippen LogP contribution >= 0.6 is 12.2 Å². The summed E-state index contributed by atoms with van der Waals surface area (Å²) in [5.41, 5.74) is 0.544. The topological polar surface area (TPSA) is 33.3 Å². The van der Waals surface area contributed by atoms with Crippen LogP contribution < -0.4 is 15.4 Å². The smallest absolute Gasteiger partial charge is 0.416 e. The van der Waals surface area contributed by atoms with Gasteiger partial charge >= 0.3 is 6.18 Å². The second-order valence-electron chi connectivity index (χ2n) is 5.40. The Kier molecular flexibility index (Phi) is 6.25. The minimum atomic E-state index is -4.39. The predicted molar refractivity (Wildman–Crippen MR) is 96.8 cm³/mol. The number of benzene rings is 2. The predicted octanol–water partition coefficient (Wildman–Crippen LogP) is 5.15. The molecule has 134 valence electrons. The number of alkyl halides is 3. The van der Waals surface area contributed by atoms with Gasteiger partial charge in [-0.05, 0) is 62.0 Å². The lowest BCUT2D eigenvalue weighted by Gasteiger charge is -2.18. The van der Waals surface area contributed by atoms with Gasteiger partial charge in [-0.2, -0.15) is 13.2 Å². The van der Waals surface area contributed by atoms with Gasteiger partial charge in [0.05, 0.1) is 18.2 Å². The second-order valence-corrected chi connectivity index (χ2v) is 5.81. The van der Waals surface area contributed by atoms with Crippen molar-refractivity contribution in [3.05, 3.63) is 59.7 Å². The van der Waals surface area contributed by atoms with E-state index in [9.17, 15) is 13.2 Å². The first-order valence-electron chi connectivity index (χ1n) is 7.77. The molecule has 0 saturated heterocycles. The highest BCUT2D eigenvalue weighted by atomic mass is 32.1. The van der Waals surface area contributed by atoms with Crippen LogP contribution in [0.2, 0.25) is 0 Å². The third-order valence-corrected chi connectivity index (χ3v) is 3.71. The third kappa shape index (κ3) is 5.63. The van der Waals surface area contributed by atoms with Gasteiger partial charge < -0.3 is 15.4 Å². The normalized spacial score (nSPS) is 12.4. The van der Waals surface area contributed by atoms with Crippen molar-refractivity contribution in [2.45, 2.75) is 26.1 Å². The van der Waals surface area contributed by atoms with Gasteiger partial charge in [-0.1, -0.05) is 18.2 Å². The van der Waals surface area contributed by atoms with E-state index in [0.717, 1.165) is 23.4 Å². The highest BCUT2D eigenvalue weighted by Gasteiger charge is 2.30. The fourth-order valence-electron chi connectivity index (χ4n) is 2.24. The molecule has 0 fully saturated rings. The number of thiocarbonyl (C=S) groups is 1. The van der Waals surface area contributed by atoms with Crippen LogP contribution in [0, 0.1) is 0 Å². The molecule has 2 rings (SSSR count). The van der Waals surface area contributed by atoms with Crippen molar-refractivity contribution in [1.29, 1.82) is 0 Å². The first-order chi connectivity index (χ1) is 11.8. The number of hydrogen-bond acceptors (Lipinski definition) is 2. The maximum absolute atomic E-state index is 12.7. The van der Waals surface area contributed by atoms with Gasteiger partial charge in [0.1, 0.15) is 5.75 Å². The SMILES string of the molecule is CCOc1ccc(C(C)NC(=S)Nc2cccc(C(F)(F)F)c2)cc1. The van der Waals surface area contributed by atoms with E-state index in [1.54, 1.807) is 0 Å². The summed E-state index contributed by atoms with van der Waals surface area (Å²) in [4.78, 5) is 0. The highest BCUT2D eigenvalue weighted by Crippen LogP contribution is 2.30. The van der Waals surface area contributed by atoms with Crippen molar-refractivity contribution in [3.8, 4) is 5.75 Å². The summed E-state index contributed by atoms with van der Waals surface area (Å²) in [6.45, 7) is 4.42. The Morgan fingerprint density at radius 2 is 1.84 bits per heavy atom. The fourth-order valence-corrected chi connectivity index (χ4v) is 2.53. The van der Waals surface area contributed by atoms with E-state index in [2.05, 4.69) is 10.6 Å². The van der Waals surface area contributed by atoms with Gasteiger partial charge in [0, 0.05) is 5.69 Å². The van der Waals surface area contributed by atoms with Crippen LogP contribution in [0.15, 0.2) is 48.5 Å². The summed E-state index contributed by atoms with van der Waals surface area (Å²) in [6, 6.07) is 12.3. The van der Waals surface area contributed by atoms with E-state index >= 15 is 0 Å². The van der Waals surface area contributed by atoms with Gasteiger partial charge in [-0.25, -0.2) is 0 Å². The Bertz CT molecular complexity index is 717. The number of anilines is 1. The number of rotatable bonds is 5. The highest BCUT2D eigenvalue weighted by molar-refractivity contribution is 7.80. The van der Waals surface area contributed by atoms with Gasteiger partial charge in [0.15, 0.2) is 5.11 Å². The van der Waals surface area contributed by atoms with E-state index in [1.807, 2.05) is 38.1 Å². The lowest BCUT2D eigenvalue weighted by atomic mass is 10.1. The van der Waals surface area contributed by atoms with Crippen molar-refractivity contribution < 1.29 is 17.9 Å². The molecule has 0 heterocycles. The third-order valence-electron chi connectivity index (χ3n) is 3.49. The summed E-state index contributed by atoms with van der Waals surface area (Å²) in [5.74, 6) is 0.781. The first kappa shape index (κ1) is 19.1. The molecule has 2 aromatic rings. The molecule has 2 N–H and O–H groups in total. The van der Waals surface area contributed by atoms with Crippen LogP contribution in [0.1, 0.15) is 31.0 Å². The summed E-state index contributed by atoms with van der Waals surface area (Å²) >= 11 is 5.19.